The fourth-order valence-electron chi connectivity index (χ4n) is 2.17. The maximum atomic E-state index is 11.8. The van der Waals surface area contributed by atoms with Gasteiger partial charge in [-0.05, 0) is 31.2 Å². The molecule has 0 fully saturated rings. The molecule has 0 atom stereocenters. The van der Waals surface area contributed by atoms with Crippen LogP contribution in [0.1, 0.15) is 21.7 Å². The molecular weight excluding hydrogens is 334 g/mol. The summed E-state index contributed by atoms with van der Waals surface area (Å²) in [5, 5.41) is 6.27. The van der Waals surface area contributed by atoms with Crippen molar-refractivity contribution < 1.29 is 18.8 Å². The molecule has 0 unspecified atom stereocenters. The summed E-state index contributed by atoms with van der Waals surface area (Å²) in [6.45, 7) is 1.62. The summed E-state index contributed by atoms with van der Waals surface area (Å²) in [4.78, 5) is 27.8. The average molecular weight is 351 g/mol. The van der Waals surface area contributed by atoms with Crippen molar-refractivity contribution in [3.63, 3.8) is 0 Å². The number of nitrogens with one attached hydrogen (secondary N) is 1. The summed E-state index contributed by atoms with van der Waals surface area (Å²) < 4.78 is 10.2. The van der Waals surface area contributed by atoms with Gasteiger partial charge in [0.25, 0.3) is 11.8 Å². The van der Waals surface area contributed by atoms with E-state index < -0.39 is 5.97 Å². The molecule has 26 heavy (non-hydrogen) atoms. The van der Waals surface area contributed by atoms with Gasteiger partial charge in [0.15, 0.2) is 6.61 Å². The van der Waals surface area contributed by atoms with Crippen molar-refractivity contribution in [1.82, 2.24) is 15.5 Å². The Morgan fingerprint density at radius 2 is 1.81 bits per heavy atom. The lowest BCUT2D eigenvalue weighted by molar-refractivity contribution is -0.143. The summed E-state index contributed by atoms with van der Waals surface area (Å²) in [6, 6.07) is 16.2. The molecule has 3 rings (SSSR count). The number of hydrogen-bond acceptors (Lipinski definition) is 6. The molecule has 1 N–H and O–H groups in total. The molecule has 3 aromatic rings. The van der Waals surface area contributed by atoms with E-state index in [2.05, 4.69) is 15.5 Å². The summed E-state index contributed by atoms with van der Waals surface area (Å²) in [5.41, 5.74) is 2.39. The zero-order valence-electron chi connectivity index (χ0n) is 14.1. The molecule has 0 spiro atoms. The van der Waals surface area contributed by atoms with Crippen LogP contribution in [-0.4, -0.2) is 28.6 Å². The summed E-state index contributed by atoms with van der Waals surface area (Å²) in [6.07, 6.45) is 0. The van der Waals surface area contributed by atoms with Crippen LogP contribution in [0.3, 0.4) is 0 Å². The highest BCUT2D eigenvalue weighted by atomic mass is 16.5. The van der Waals surface area contributed by atoms with Gasteiger partial charge >= 0.3 is 5.97 Å². The molecule has 0 aliphatic carbocycles. The van der Waals surface area contributed by atoms with Crippen molar-refractivity contribution in [2.24, 2.45) is 0 Å². The number of rotatable bonds is 6. The van der Waals surface area contributed by atoms with Gasteiger partial charge in [0, 0.05) is 11.1 Å². The first-order valence-corrected chi connectivity index (χ1v) is 8.00. The van der Waals surface area contributed by atoms with Crippen LogP contribution in [-0.2, 0) is 16.1 Å². The Balaban J connectivity index is 1.47. The van der Waals surface area contributed by atoms with E-state index >= 15 is 0 Å². The van der Waals surface area contributed by atoms with Crippen LogP contribution in [0.15, 0.2) is 59.1 Å². The van der Waals surface area contributed by atoms with E-state index in [4.69, 9.17) is 9.26 Å². The van der Waals surface area contributed by atoms with Crippen LogP contribution in [0.2, 0.25) is 0 Å². The van der Waals surface area contributed by atoms with Gasteiger partial charge < -0.3 is 14.6 Å². The highest BCUT2D eigenvalue weighted by Crippen LogP contribution is 2.17. The first kappa shape index (κ1) is 17.3. The Labute approximate surface area is 150 Å². The largest absolute Gasteiger partial charge is 0.456 e. The number of carbonyl (C=O) groups is 2. The van der Waals surface area contributed by atoms with Crippen LogP contribution in [0.5, 0.6) is 0 Å². The predicted octanol–water partition coefficient (Wildman–Crippen LogP) is 2.52. The monoisotopic (exact) mass is 351 g/mol. The molecule has 0 aliphatic rings. The standard InChI is InChI=1S/C19H17N3O4/c1-13-7-9-15(10-8-13)19-21-16(22-26-19)12-25-17(23)11-20-18(24)14-5-3-2-4-6-14/h2-10H,11-12H2,1H3,(H,20,24). The van der Waals surface area contributed by atoms with E-state index in [9.17, 15) is 9.59 Å². The topological polar surface area (TPSA) is 94.3 Å². The van der Waals surface area contributed by atoms with Crippen LogP contribution < -0.4 is 5.32 Å². The number of hydrogen-bond donors (Lipinski definition) is 1. The Morgan fingerprint density at radius 1 is 1.08 bits per heavy atom. The smallest absolute Gasteiger partial charge is 0.325 e. The minimum Gasteiger partial charge on any atom is -0.456 e. The molecular formula is C19H17N3O4. The van der Waals surface area contributed by atoms with Gasteiger partial charge in [0.2, 0.25) is 5.82 Å². The predicted molar refractivity (Wildman–Crippen MR) is 93.0 cm³/mol. The number of carbonyl (C=O) groups excluding carboxylic acids is 2. The van der Waals surface area contributed by atoms with Gasteiger partial charge in [-0.2, -0.15) is 4.98 Å². The number of ether oxygens (including phenoxy) is 1. The van der Waals surface area contributed by atoms with Gasteiger partial charge in [-0.3, -0.25) is 9.59 Å². The number of aromatic nitrogens is 2. The van der Waals surface area contributed by atoms with Crippen LogP contribution in [0.25, 0.3) is 11.5 Å². The van der Waals surface area contributed by atoms with Crippen LogP contribution >= 0.6 is 0 Å². The number of amides is 1. The lowest BCUT2D eigenvalue weighted by atomic mass is 10.1. The summed E-state index contributed by atoms with van der Waals surface area (Å²) in [5.74, 6) is -0.323. The van der Waals surface area contributed by atoms with Crippen LogP contribution in [0.4, 0.5) is 0 Å². The van der Waals surface area contributed by atoms with Gasteiger partial charge in [0.1, 0.15) is 6.54 Å². The molecule has 0 aliphatic heterocycles. The number of nitrogens with zero attached hydrogens (tertiary/aromatic N) is 2. The van der Waals surface area contributed by atoms with Gasteiger partial charge in [-0.25, -0.2) is 0 Å². The second kappa shape index (κ2) is 8.06. The molecule has 0 bridgehead atoms. The van der Waals surface area contributed by atoms with Gasteiger partial charge in [-0.1, -0.05) is 41.1 Å². The van der Waals surface area contributed by atoms with Crippen molar-refractivity contribution in [2.75, 3.05) is 6.54 Å². The van der Waals surface area contributed by atoms with E-state index in [1.165, 1.54) is 0 Å². The Hall–Kier alpha value is -3.48. The van der Waals surface area contributed by atoms with Crippen molar-refractivity contribution in [3.05, 3.63) is 71.5 Å². The molecule has 1 aromatic heterocycles. The minimum absolute atomic E-state index is 0.130. The lowest BCUT2D eigenvalue weighted by Crippen LogP contribution is -2.30. The third-order valence-corrected chi connectivity index (χ3v) is 3.56. The second-order valence-corrected chi connectivity index (χ2v) is 5.59. The van der Waals surface area contributed by atoms with Gasteiger partial charge in [-0.15, -0.1) is 0 Å². The van der Waals surface area contributed by atoms with Crippen molar-refractivity contribution in [2.45, 2.75) is 13.5 Å². The molecule has 7 heteroatoms. The first-order chi connectivity index (χ1) is 12.6. The Kier molecular flexibility index (Phi) is 5.38. The number of aryl methyl sites for hydroxylation is 1. The van der Waals surface area contributed by atoms with Crippen molar-refractivity contribution >= 4 is 11.9 Å². The Morgan fingerprint density at radius 3 is 2.54 bits per heavy atom. The third kappa shape index (κ3) is 4.54. The molecule has 0 radical (unpaired) electrons. The molecule has 7 nitrogen and oxygen atoms in total. The Bertz CT molecular complexity index is 889. The van der Waals surface area contributed by atoms with Crippen molar-refractivity contribution in [1.29, 1.82) is 0 Å². The summed E-state index contributed by atoms with van der Waals surface area (Å²) >= 11 is 0. The summed E-state index contributed by atoms with van der Waals surface area (Å²) in [7, 11) is 0. The molecule has 132 valence electrons. The quantitative estimate of drug-likeness (QED) is 0.686. The number of esters is 1. The lowest BCUT2D eigenvalue weighted by Gasteiger charge is -2.04. The number of benzene rings is 2. The molecule has 1 amide bonds. The minimum atomic E-state index is -0.587. The maximum absolute atomic E-state index is 11.8. The highest BCUT2D eigenvalue weighted by Gasteiger charge is 2.12. The molecule has 1 heterocycles. The third-order valence-electron chi connectivity index (χ3n) is 3.56. The fourth-order valence-corrected chi connectivity index (χ4v) is 2.17. The average Bonchev–Trinajstić information content (AvgIpc) is 3.14. The normalized spacial score (nSPS) is 10.3. The van der Waals surface area contributed by atoms with Crippen LogP contribution in [0, 0.1) is 6.92 Å². The second-order valence-electron chi connectivity index (χ2n) is 5.59. The van der Waals surface area contributed by atoms with E-state index in [0.29, 0.717) is 11.5 Å². The zero-order valence-corrected chi connectivity index (χ0v) is 14.1. The van der Waals surface area contributed by atoms with E-state index in [0.717, 1.165) is 11.1 Å². The highest BCUT2D eigenvalue weighted by molar-refractivity contribution is 5.95. The van der Waals surface area contributed by atoms with Crippen molar-refractivity contribution in [3.8, 4) is 11.5 Å². The van der Waals surface area contributed by atoms with E-state index in [1.807, 2.05) is 31.2 Å². The first-order valence-electron chi connectivity index (χ1n) is 8.00. The molecule has 2 aromatic carbocycles. The van der Waals surface area contributed by atoms with E-state index in [1.54, 1.807) is 30.3 Å². The zero-order chi connectivity index (χ0) is 18.4. The maximum Gasteiger partial charge on any atom is 0.325 e. The molecule has 0 saturated carbocycles. The van der Waals surface area contributed by atoms with E-state index in [-0.39, 0.29) is 24.9 Å². The van der Waals surface area contributed by atoms with Gasteiger partial charge in [0.05, 0.1) is 0 Å². The molecule has 0 saturated heterocycles. The fraction of sp³-hybridized carbons (Fsp3) is 0.158. The SMILES string of the molecule is Cc1ccc(-c2nc(COC(=O)CNC(=O)c3ccccc3)no2)cc1.